The molecule has 1 fully saturated rings. The first kappa shape index (κ1) is 5.92. The first-order valence-electron chi connectivity index (χ1n) is 3.60. The minimum atomic E-state index is -0.0729. The van der Waals surface area contributed by atoms with Gasteiger partial charge in [-0.25, -0.2) is 0 Å². The van der Waals surface area contributed by atoms with E-state index in [2.05, 4.69) is 10.2 Å². The molecule has 0 radical (unpaired) electrons. The van der Waals surface area contributed by atoms with Gasteiger partial charge in [-0.3, -0.25) is 5.10 Å². The Morgan fingerprint density at radius 1 is 1.60 bits per heavy atom. The average molecular weight is 137 g/mol. The summed E-state index contributed by atoms with van der Waals surface area (Å²) in [5.41, 5.74) is 7.01. The monoisotopic (exact) mass is 137 g/mol. The molecule has 0 atom stereocenters. The molecule has 54 valence electrons. The van der Waals surface area contributed by atoms with Crippen molar-refractivity contribution in [1.29, 1.82) is 0 Å². The number of nitrogens with zero attached hydrogens (tertiary/aromatic N) is 1. The second-order valence-corrected chi connectivity index (χ2v) is 2.98. The minimum absolute atomic E-state index is 0.0729. The molecule has 0 spiro atoms. The number of aromatic amines is 1. The van der Waals surface area contributed by atoms with Crippen molar-refractivity contribution >= 4 is 0 Å². The second kappa shape index (κ2) is 1.83. The molecule has 1 aliphatic rings. The summed E-state index contributed by atoms with van der Waals surface area (Å²) in [6.45, 7) is 0. The van der Waals surface area contributed by atoms with Crippen LogP contribution in [0.1, 0.15) is 25.0 Å². The summed E-state index contributed by atoms with van der Waals surface area (Å²) in [6, 6.07) is 1.96. The lowest BCUT2D eigenvalue weighted by Gasteiger charge is -2.36. The van der Waals surface area contributed by atoms with E-state index in [0.29, 0.717) is 0 Å². The fourth-order valence-electron chi connectivity index (χ4n) is 1.36. The third kappa shape index (κ3) is 0.671. The number of nitrogens with two attached hydrogens (primary N) is 1. The van der Waals surface area contributed by atoms with Crippen LogP contribution in [-0.4, -0.2) is 10.2 Å². The predicted molar refractivity (Wildman–Crippen MR) is 38.3 cm³/mol. The first-order chi connectivity index (χ1) is 4.81. The van der Waals surface area contributed by atoms with E-state index in [1.165, 1.54) is 6.42 Å². The molecule has 0 saturated heterocycles. The van der Waals surface area contributed by atoms with E-state index in [1.54, 1.807) is 6.20 Å². The number of hydrogen-bond donors (Lipinski definition) is 2. The van der Waals surface area contributed by atoms with Crippen molar-refractivity contribution in [3.63, 3.8) is 0 Å². The highest BCUT2D eigenvalue weighted by Crippen LogP contribution is 2.37. The summed E-state index contributed by atoms with van der Waals surface area (Å²) >= 11 is 0. The van der Waals surface area contributed by atoms with Crippen LogP contribution in [0.4, 0.5) is 0 Å². The van der Waals surface area contributed by atoms with Gasteiger partial charge in [0.1, 0.15) is 0 Å². The first-order valence-corrected chi connectivity index (χ1v) is 3.60. The van der Waals surface area contributed by atoms with Gasteiger partial charge in [-0.05, 0) is 25.3 Å². The minimum Gasteiger partial charge on any atom is -0.320 e. The van der Waals surface area contributed by atoms with Gasteiger partial charge in [-0.1, -0.05) is 0 Å². The molecular formula is C7H11N3. The van der Waals surface area contributed by atoms with E-state index in [-0.39, 0.29) is 5.54 Å². The Labute approximate surface area is 59.6 Å². The largest absolute Gasteiger partial charge is 0.320 e. The van der Waals surface area contributed by atoms with Crippen LogP contribution < -0.4 is 5.73 Å². The lowest BCUT2D eigenvalue weighted by Crippen LogP contribution is -2.43. The van der Waals surface area contributed by atoms with Crippen molar-refractivity contribution in [3.8, 4) is 0 Å². The molecule has 10 heavy (non-hydrogen) atoms. The van der Waals surface area contributed by atoms with Crippen LogP contribution in [0.3, 0.4) is 0 Å². The number of nitrogens with one attached hydrogen (secondary N) is 1. The fourth-order valence-corrected chi connectivity index (χ4v) is 1.36. The zero-order valence-corrected chi connectivity index (χ0v) is 5.80. The van der Waals surface area contributed by atoms with Gasteiger partial charge in [0.2, 0.25) is 0 Å². The molecular weight excluding hydrogens is 126 g/mol. The van der Waals surface area contributed by atoms with Gasteiger partial charge >= 0.3 is 0 Å². The molecule has 1 heterocycles. The van der Waals surface area contributed by atoms with Crippen molar-refractivity contribution < 1.29 is 0 Å². The number of hydrogen-bond acceptors (Lipinski definition) is 2. The third-order valence-electron chi connectivity index (χ3n) is 2.28. The van der Waals surface area contributed by atoms with Crippen LogP contribution in [0, 0.1) is 0 Å². The summed E-state index contributed by atoms with van der Waals surface area (Å²) in [6.07, 6.45) is 5.18. The van der Waals surface area contributed by atoms with Crippen molar-refractivity contribution in [1.82, 2.24) is 10.2 Å². The number of H-pyrrole nitrogens is 1. The molecule has 1 aromatic heterocycles. The Bertz CT molecular complexity index is 211. The van der Waals surface area contributed by atoms with Crippen LogP contribution in [0.25, 0.3) is 0 Å². The average Bonchev–Trinajstić information content (AvgIpc) is 2.33. The highest BCUT2D eigenvalue weighted by Gasteiger charge is 2.35. The Morgan fingerprint density at radius 3 is 2.80 bits per heavy atom. The van der Waals surface area contributed by atoms with Crippen molar-refractivity contribution in [2.75, 3.05) is 0 Å². The highest BCUT2D eigenvalue weighted by molar-refractivity contribution is 5.15. The van der Waals surface area contributed by atoms with Crippen molar-refractivity contribution in [3.05, 3.63) is 18.0 Å². The van der Waals surface area contributed by atoms with Crippen LogP contribution in [-0.2, 0) is 5.54 Å². The maximum atomic E-state index is 6.00. The van der Waals surface area contributed by atoms with Crippen LogP contribution in [0.15, 0.2) is 12.3 Å². The maximum absolute atomic E-state index is 6.00. The second-order valence-electron chi connectivity index (χ2n) is 2.98. The Kier molecular flexibility index (Phi) is 1.08. The molecule has 1 aliphatic carbocycles. The number of rotatable bonds is 1. The summed E-state index contributed by atoms with van der Waals surface area (Å²) in [5, 5.41) is 6.77. The Morgan fingerprint density at radius 2 is 2.40 bits per heavy atom. The molecule has 3 N–H and O–H groups in total. The normalized spacial score (nSPS) is 22.1. The molecule has 1 saturated carbocycles. The molecule has 3 nitrogen and oxygen atoms in total. The van der Waals surface area contributed by atoms with Gasteiger partial charge in [0.25, 0.3) is 0 Å². The lowest BCUT2D eigenvalue weighted by atomic mass is 9.75. The standard InChI is InChI=1S/C7H11N3/c8-7(3-1-4-7)6-2-5-9-10-6/h2,5H,1,3-4,8H2,(H,9,10). The predicted octanol–water partition coefficient (Wildman–Crippen LogP) is 0.748. The maximum Gasteiger partial charge on any atom is 0.0578 e. The van der Waals surface area contributed by atoms with Gasteiger partial charge in [0.05, 0.1) is 11.2 Å². The van der Waals surface area contributed by atoms with E-state index in [1.807, 2.05) is 6.07 Å². The highest BCUT2D eigenvalue weighted by atomic mass is 15.1. The zero-order chi connectivity index (χ0) is 7.03. The summed E-state index contributed by atoms with van der Waals surface area (Å²) < 4.78 is 0. The van der Waals surface area contributed by atoms with E-state index >= 15 is 0 Å². The Balaban J connectivity index is 2.27. The van der Waals surface area contributed by atoms with Crippen molar-refractivity contribution in [2.24, 2.45) is 5.73 Å². The van der Waals surface area contributed by atoms with Crippen LogP contribution >= 0.6 is 0 Å². The smallest absolute Gasteiger partial charge is 0.0578 e. The molecule has 0 aliphatic heterocycles. The quantitative estimate of drug-likeness (QED) is 0.600. The fraction of sp³-hybridized carbons (Fsp3) is 0.571. The van der Waals surface area contributed by atoms with Crippen LogP contribution in [0.5, 0.6) is 0 Å². The summed E-state index contributed by atoms with van der Waals surface area (Å²) in [7, 11) is 0. The van der Waals surface area contributed by atoms with E-state index < -0.39 is 0 Å². The summed E-state index contributed by atoms with van der Waals surface area (Å²) in [4.78, 5) is 0. The van der Waals surface area contributed by atoms with Gasteiger partial charge < -0.3 is 5.73 Å². The van der Waals surface area contributed by atoms with Crippen molar-refractivity contribution in [2.45, 2.75) is 24.8 Å². The van der Waals surface area contributed by atoms with E-state index in [9.17, 15) is 0 Å². The van der Waals surface area contributed by atoms with Gasteiger partial charge in [-0.2, -0.15) is 5.10 Å². The molecule has 0 aromatic carbocycles. The van der Waals surface area contributed by atoms with E-state index in [4.69, 9.17) is 5.73 Å². The molecule has 0 bridgehead atoms. The zero-order valence-electron chi connectivity index (χ0n) is 5.80. The van der Waals surface area contributed by atoms with Gasteiger partial charge in [-0.15, -0.1) is 0 Å². The Hall–Kier alpha value is -0.830. The van der Waals surface area contributed by atoms with Gasteiger partial charge in [0.15, 0.2) is 0 Å². The SMILES string of the molecule is NC1(c2ccn[nH]2)CCC1. The molecule has 2 rings (SSSR count). The topological polar surface area (TPSA) is 54.7 Å². The third-order valence-corrected chi connectivity index (χ3v) is 2.28. The molecule has 1 aromatic rings. The molecule has 0 amide bonds. The molecule has 0 unspecified atom stereocenters. The number of aromatic nitrogens is 2. The van der Waals surface area contributed by atoms with Crippen LogP contribution in [0.2, 0.25) is 0 Å². The summed E-state index contributed by atoms with van der Waals surface area (Å²) in [5.74, 6) is 0. The van der Waals surface area contributed by atoms with E-state index in [0.717, 1.165) is 18.5 Å². The lowest BCUT2D eigenvalue weighted by molar-refractivity contribution is 0.246. The molecule has 3 heteroatoms. The van der Waals surface area contributed by atoms with Gasteiger partial charge in [0, 0.05) is 6.20 Å².